The van der Waals surface area contributed by atoms with Gasteiger partial charge in [0.1, 0.15) is 9.84 Å². The van der Waals surface area contributed by atoms with E-state index >= 15 is 0 Å². The number of nitrogens with two attached hydrogens (primary N) is 1. The summed E-state index contributed by atoms with van der Waals surface area (Å²) in [5.74, 6) is 7.00. The summed E-state index contributed by atoms with van der Waals surface area (Å²) >= 11 is 0. The second kappa shape index (κ2) is 3.56. The molecular weight excluding hydrogens is 152 g/mol. The minimum absolute atomic E-state index is 0.125. The van der Waals surface area contributed by atoms with Crippen molar-refractivity contribution in [3.05, 3.63) is 0 Å². The normalized spacial score (nSPS) is 14.1. The molecule has 0 bridgehead atoms. The van der Waals surface area contributed by atoms with Gasteiger partial charge in [-0.05, 0) is 0 Å². The van der Waals surface area contributed by atoms with Gasteiger partial charge in [-0.2, -0.15) is 0 Å². The SMILES string of the molecule is C#CC(CS(C)(=O)=O)NN. The molecule has 58 valence electrons. The lowest BCUT2D eigenvalue weighted by Gasteiger charge is -2.05. The number of terminal acetylenes is 1. The van der Waals surface area contributed by atoms with Crippen LogP contribution in [0.15, 0.2) is 0 Å². The lowest BCUT2D eigenvalue weighted by atomic mass is 10.4. The van der Waals surface area contributed by atoms with Crippen molar-refractivity contribution in [2.24, 2.45) is 5.84 Å². The van der Waals surface area contributed by atoms with E-state index in [0.29, 0.717) is 0 Å². The Kier molecular flexibility index (Phi) is 3.36. The van der Waals surface area contributed by atoms with Crippen molar-refractivity contribution in [2.75, 3.05) is 12.0 Å². The third-order valence-corrected chi connectivity index (χ3v) is 1.81. The molecule has 0 aromatic carbocycles. The fourth-order valence-electron chi connectivity index (χ4n) is 0.447. The Morgan fingerprint density at radius 1 is 1.80 bits per heavy atom. The van der Waals surface area contributed by atoms with E-state index in [1.807, 2.05) is 0 Å². The zero-order valence-corrected chi connectivity index (χ0v) is 6.48. The molecule has 0 rings (SSSR count). The molecule has 0 saturated heterocycles. The van der Waals surface area contributed by atoms with Gasteiger partial charge < -0.3 is 0 Å². The van der Waals surface area contributed by atoms with Gasteiger partial charge in [0, 0.05) is 6.26 Å². The molecule has 10 heavy (non-hydrogen) atoms. The highest BCUT2D eigenvalue weighted by Gasteiger charge is 2.09. The van der Waals surface area contributed by atoms with Gasteiger partial charge in [0.2, 0.25) is 0 Å². The van der Waals surface area contributed by atoms with Gasteiger partial charge >= 0.3 is 0 Å². The topological polar surface area (TPSA) is 72.2 Å². The van der Waals surface area contributed by atoms with E-state index in [4.69, 9.17) is 12.3 Å². The maximum absolute atomic E-state index is 10.6. The van der Waals surface area contributed by atoms with Gasteiger partial charge in [-0.3, -0.25) is 5.84 Å². The molecule has 0 heterocycles. The first-order chi connectivity index (χ1) is 4.49. The molecule has 3 N–H and O–H groups in total. The van der Waals surface area contributed by atoms with Gasteiger partial charge in [-0.15, -0.1) is 6.42 Å². The Morgan fingerprint density at radius 3 is 2.40 bits per heavy atom. The molecule has 0 fully saturated rings. The van der Waals surface area contributed by atoms with Crippen LogP contribution in [0.1, 0.15) is 0 Å². The summed E-state index contributed by atoms with van der Waals surface area (Å²) in [5.41, 5.74) is 2.19. The van der Waals surface area contributed by atoms with Crippen LogP contribution in [-0.2, 0) is 9.84 Å². The number of nitrogens with one attached hydrogen (secondary N) is 1. The van der Waals surface area contributed by atoms with E-state index in [9.17, 15) is 8.42 Å². The highest BCUT2D eigenvalue weighted by atomic mass is 32.2. The van der Waals surface area contributed by atoms with Gasteiger partial charge in [0.25, 0.3) is 0 Å². The van der Waals surface area contributed by atoms with Crippen molar-refractivity contribution in [1.29, 1.82) is 0 Å². The number of hydrogen-bond acceptors (Lipinski definition) is 4. The Bertz CT molecular complexity index is 227. The van der Waals surface area contributed by atoms with E-state index in [1.165, 1.54) is 0 Å². The van der Waals surface area contributed by atoms with E-state index in [1.54, 1.807) is 0 Å². The Morgan fingerprint density at radius 2 is 2.30 bits per heavy atom. The third-order valence-electron chi connectivity index (χ3n) is 0.872. The molecule has 0 radical (unpaired) electrons. The molecule has 0 aliphatic carbocycles. The van der Waals surface area contributed by atoms with Crippen LogP contribution < -0.4 is 11.3 Å². The fraction of sp³-hybridized carbons (Fsp3) is 0.600. The van der Waals surface area contributed by atoms with E-state index in [2.05, 4.69) is 11.3 Å². The number of rotatable bonds is 3. The molecule has 0 saturated carbocycles. The van der Waals surface area contributed by atoms with Crippen LogP contribution in [0, 0.1) is 12.3 Å². The second-order valence-corrected chi connectivity index (χ2v) is 4.16. The zero-order chi connectivity index (χ0) is 8.20. The monoisotopic (exact) mass is 162 g/mol. The molecule has 1 unspecified atom stereocenters. The van der Waals surface area contributed by atoms with Crippen molar-refractivity contribution >= 4 is 9.84 Å². The Balaban J connectivity index is 4.04. The molecule has 0 aromatic heterocycles. The van der Waals surface area contributed by atoms with E-state index in [-0.39, 0.29) is 5.75 Å². The molecule has 0 amide bonds. The molecule has 0 aliphatic heterocycles. The molecule has 0 aromatic rings. The Hall–Kier alpha value is -0.570. The average molecular weight is 162 g/mol. The van der Waals surface area contributed by atoms with E-state index < -0.39 is 15.9 Å². The molecule has 0 aliphatic rings. The van der Waals surface area contributed by atoms with Crippen LogP contribution in [0.25, 0.3) is 0 Å². The predicted octanol–water partition coefficient (Wildman–Crippen LogP) is -1.50. The zero-order valence-electron chi connectivity index (χ0n) is 5.66. The van der Waals surface area contributed by atoms with Crippen molar-refractivity contribution in [3.63, 3.8) is 0 Å². The van der Waals surface area contributed by atoms with E-state index in [0.717, 1.165) is 6.26 Å². The first-order valence-corrected chi connectivity index (χ1v) is 4.65. The summed E-state index contributed by atoms with van der Waals surface area (Å²) in [6, 6.07) is -0.588. The quantitative estimate of drug-likeness (QED) is 0.301. The maximum atomic E-state index is 10.6. The molecule has 5 heteroatoms. The molecule has 0 spiro atoms. The predicted molar refractivity (Wildman–Crippen MR) is 39.7 cm³/mol. The fourth-order valence-corrected chi connectivity index (χ4v) is 1.25. The van der Waals surface area contributed by atoms with Crippen LogP contribution in [0.2, 0.25) is 0 Å². The molecular formula is C5H10N2O2S. The third kappa shape index (κ3) is 4.32. The van der Waals surface area contributed by atoms with Crippen LogP contribution in [0.5, 0.6) is 0 Å². The standard InChI is InChI=1S/C5H10N2O2S/c1-3-5(7-6)4-10(2,8)9/h1,5,7H,4,6H2,2H3. The van der Waals surface area contributed by atoms with Crippen molar-refractivity contribution in [3.8, 4) is 12.3 Å². The van der Waals surface area contributed by atoms with Crippen LogP contribution in [0.4, 0.5) is 0 Å². The average Bonchev–Trinajstić information content (AvgIpc) is 1.81. The number of hydrogen-bond donors (Lipinski definition) is 2. The van der Waals surface area contributed by atoms with Crippen molar-refractivity contribution in [2.45, 2.75) is 6.04 Å². The number of sulfone groups is 1. The second-order valence-electron chi connectivity index (χ2n) is 1.98. The van der Waals surface area contributed by atoms with Gasteiger partial charge in [-0.25, -0.2) is 13.8 Å². The lowest BCUT2D eigenvalue weighted by molar-refractivity contribution is 0.589. The molecule has 1 atom stereocenters. The summed E-state index contributed by atoms with van der Waals surface area (Å²) in [7, 11) is -3.03. The summed E-state index contributed by atoms with van der Waals surface area (Å²) in [6.45, 7) is 0. The maximum Gasteiger partial charge on any atom is 0.150 e. The van der Waals surface area contributed by atoms with Gasteiger partial charge in [-0.1, -0.05) is 5.92 Å². The number of hydrazine groups is 1. The minimum atomic E-state index is -3.03. The first kappa shape index (κ1) is 9.43. The van der Waals surface area contributed by atoms with Crippen molar-refractivity contribution < 1.29 is 8.42 Å². The highest BCUT2D eigenvalue weighted by Crippen LogP contribution is 1.86. The van der Waals surface area contributed by atoms with Crippen LogP contribution in [-0.4, -0.2) is 26.5 Å². The summed E-state index contributed by atoms with van der Waals surface area (Å²) in [5, 5.41) is 0. The highest BCUT2D eigenvalue weighted by molar-refractivity contribution is 7.90. The summed E-state index contributed by atoms with van der Waals surface area (Å²) in [4.78, 5) is 0. The van der Waals surface area contributed by atoms with Crippen molar-refractivity contribution in [1.82, 2.24) is 5.43 Å². The summed E-state index contributed by atoms with van der Waals surface area (Å²) in [6.07, 6.45) is 6.04. The molecule has 4 nitrogen and oxygen atoms in total. The smallest absolute Gasteiger partial charge is 0.150 e. The minimum Gasteiger partial charge on any atom is -0.270 e. The largest absolute Gasteiger partial charge is 0.270 e. The van der Waals surface area contributed by atoms with Gasteiger partial charge in [0.05, 0.1) is 11.8 Å². The Labute approximate surface area is 60.7 Å². The lowest BCUT2D eigenvalue weighted by Crippen LogP contribution is -2.38. The van der Waals surface area contributed by atoms with Gasteiger partial charge in [0.15, 0.2) is 0 Å². The van der Waals surface area contributed by atoms with Crippen LogP contribution in [0.3, 0.4) is 0 Å². The van der Waals surface area contributed by atoms with Crippen LogP contribution >= 0.6 is 0 Å². The first-order valence-electron chi connectivity index (χ1n) is 2.59. The summed E-state index contributed by atoms with van der Waals surface area (Å²) < 4.78 is 21.1.